The number of allylic oxidation sites excluding steroid dienone is 2. The van der Waals surface area contributed by atoms with E-state index in [2.05, 4.69) is 19.1 Å². The lowest BCUT2D eigenvalue weighted by Gasteiger charge is -2.37. The number of rotatable bonds is 7. The lowest BCUT2D eigenvalue weighted by molar-refractivity contribution is 0.116. The van der Waals surface area contributed by atoms with E-state index in [1.54, 1.807) is 0 Å². The molecule has 0 spiro atoms. The third-order valence-electron chi connectivity index (χ3n) is 6.07. The van der Waals surface area contributed by atoms with Crippen LogP contribution in [0.15, 0.2) is 12.2 Å². The molecule has 0 atom stereocenters. The maximum Gasteiger partial charge on any atom is 0.0459 e. The van der Waals surface area contributed by atoms with Gasteiger partial charge in [0, 0.05) is 6.61 Å². The Morgan fingerprint density at radius 2 is 1.29 bits per heavy atom. The average Bonchev–Trinajstić information content (AvgIpc) is 2.55. The van der Waals surface area contributed by atoms with Crippen molar-refractivity contribution in [1.29, 1.82) is 0 Å². The largest absolute Gasteiger partial charge is 0.396 e. The van der Waals surface area contributed by atoms with Gasteiger partial charge < -0.3 is 5.11 Å². The Kier molecular flexibility index (Phi) is 7.85. The molecule has 0 aliphatic heterocycles. The number of aliphatic hydroxyl groups excluding tert-OH is 1. The summed E-state index contributed by atoms with van der Waals surface area (Å²) in [5.41, 5.74) is 0. The summed E-state index contributed by atoms with van der Waals surface area (Å²) >= 11 is 0. The summed E-state index contributed by atoms with van der Waals surface area (Å²) in [6.07, 6.45) is 21.3. The van der Waals surface area contributed by atoms with Crippen LogP contribution in [0.1, 0.15) is 84.0 Å². The van der Waals surface area contributed by atoms with E-state index in [-0.39, 0.29) is 0 Å². The third-order valence-corrected chi connectivity index (χ3v) is 6.07. The molecule has 2 rings (SSSR count). The van der Waals surface area contributed by atoms with Crippen molar-refractivity contribution in [2.24, 2.45) is 23.7 Å². The molecule has 0 radical (unpaired) electrons. The van der Waals surface area contributed by atoms with Gasteiger partial charge in [-0.2, -0.15) is 0 Å². The van der Waals surface area contributed by atoms with Gasteiger partial charge in [0.2, 0.25) is 0 Å². The van der Waals surface area contributed by atoms with E-state index in [9.17, 15) is 5.11 Å². The van der Waals surface area contributed by atoms with Crippen LogP contribution in [0.25, 0.3) is 0 Å². The third kappa shape index (κ3) is 5.77. The first kappa shape index (κ1) is 17.1. The van der Waals surface area contributed by atoms with Crippen molar-refractivity contribution in [3.8, 4) is 0 Å². The second-order valence-electron chi connectivity index (χ2n) is 7.58. The Balaban J connectivity index is 1.60. The molecule has 2 aliphatic rings. The molecule has 0 unspecified atom stereocenters. The van der Waals surface area contributed by atoms with E-state index >= 15 is 0 Å². The second kappa shape index (κ2) is 9.66. The standard InChI is InChI=1S/C20H36O/c1-2-3-4-5-6-7-17-8-12-19(13-9-17)20-14-10-18(16-21)11-15-20/h4-5,17-21H,2-3,6-16H2,1H3/b5-4+/t17-,18?,19-,20?. The normalized spacial score (nSPS) is 34.4. The van der Waals surface area contributed by atoms with Crippen molar-refractivity contribution in [2.75, 3.05) is 6.61 Å². The van der Waals surface area contributed by atoms with E-state index in [1.807, 2.05) is 0 Å². The Bertz CT molecular complexity index is 280. The first-order valence-corrected chi connectivity index (χ1v) is 9.59. The summed E-state index contributed by atoms with van der Waals surface area (Å²) < 4.78 is 0. The monoisotopic (exact) mass is 292 g/mol. The summed E-state index contributed by atoms with van der Waals surface area (Å²) in [7, 11) is 0. The summed E-state index contributed by atoms with van der Waals surface area (Å²) in [5, 5.41) is 9.25. The van der Waals surface area contributed by atoms with E-state index in [4.69, 9.17) is 0 Å². The van der Waals surface area contributed by atoms with Crippen molar-refractivity contribution in [1.82, 2.24) is 0 Å². The van der Waals surface area contributed by atoms with Gasteiger partial charge in [-0.05, 0) is 81.5 Å². The molecule has 2 fully saturated rings. The van der Waals surface area contributed by atoms with Crippen LogP contribution in [0.3, 0.4) is 0 Å². The first-order chi connectivity index (χ1) is 10.3. The summed E-state index contributed by atoms with van der Waals surface area (Å²) in [5.74, 6) is 3.61. The van der Waals surface area contributed by atoms with Crippen LogP contribution in [0.5, 0.6) is 0 Å². The van der Waals surface area contributed by atoms with Gasteiger partial charge in [0.15, 0.2) is 0 Å². The molecule has 122 valence electrons. The van der Waals surface area contributed by atoms with Crippen LogP contribution in [0.2, 0.25) is 0 Å². The smallest absolute Gasteiger partial charge is 0.0459 e. The summed E-state index contributed by atoms with van der Waals surface area (Å²) in [4.78, 5) is 0. The van der Waals surface area contributed by atoms with Crippen LogP contribution in [-0.2, 0) is 0 Å². The predicted octanol–water partition coefficient (Wildman–Crippen LogP) is 5.73. The van der Waals surface area contributed by atoms with E-state index in [0.717, 1.165) is 17.8 Å². The predicted molar refractivity (Wildman–Crippen MR) is 91.3 cm³/mol. The topological polar surface area (TPSA) is 20.2 Å². The molecular weight excluding hydrogens is 256 g/mol. The highest BCUT2D eigenvalue weighted by Crippen LogP contribution is 2.42. The fourth-order valence-corrected chi connectivity index (χ4v) is 4.52. The van der Waals surface area contributed by atoms with Crippen LogP contribution in [-0.4, -0.2) is 11.7 Å². The molecule has 2 aliphatic carbocycles. The SMILES string of the molecule is CCC/C=C/CC[C@H]1CC[C@H](C2CCC(CO)CC2)CC1. The number of aliphatic hydroxyl groups is 1. The molecule has 0 heterocycles. The molecule has 1 heteroatoms. The highest BCUT2D eigenvalue weighted by atomic mass is 16.3. The average molecular weight is 293 g/mol. The molecule has 0 aromatic rings. The van der Waals surface area contributed by atoms with Gasteiger partial charge in [-0.1, -0.05) is 38.3 Å². The van der Waals surface area contributed by atoms with Gasteiger partial charge in [-0.3, -0.25) is 0 Å². The molecule has 0 aromatic heterocycles. The molecule has 0 saturated heterocycles. The van der Waals surface area contributed by atoms with Crippen molar-refractivity contribution in [3.63, 3.8) is 0 Å². The minimum atomic E-state index is 0.422. The Morgan fingerprint density at radius 3 is 1.81 bits per heavy atom. The Hall–Kier alpha value is -0.300. The molecular formula is C20H36O. The Morgan fingerprint density at radius 1 is 0.762 bits per heavy atom. The van der Waals surface area contributed by atoms with Gasteiger partial charge >= 0.3 is 0 Å². The lowest BCUT2D eigenvalue weighted by atomic mass is 9.69. The van der Waals surface area contributed by atoms with Gasteiger partial charge in [0.05, 0.1) is 0 Å². The zero-order valence-electron chi connectivity index (χ0n) is 14.1. The fraction of sp³-hybridized carbons (Fsp3) is 0.900. The highest BCUT2D eigenvalue weighted by Gasteiger charge is 2.30. The minimum absolute atomic E-state index is 0.422. The van der Waals surface area contributed by atoms with Gasteiger partial charge in [0.25, 0.3) is 0 Å². The molecule has 1 N–H and O–H groups in total. The zero-order chi connectivity index (χ0) is 14.9. The number of unbranched alkanes of at least 4 members (excludes halogenated alkanes) is 1. The van der Waals surface area contributed by atoms with Crippen molar-refractivity contribution in [3.05, 3.63) is 12.2 Å². The quantitative estimate of drug-likeness (QED) is 0.594. The maximum absolute atomic E-state index is 9.25. The fourth-order valence-electron chi connectivity index (χ4n) is 4.52. The molecule has 1 nitrogen and oxygen atoms in total. The van der Waals surface area contributed by atoms with Crippen LogP contribution >= 0.6 is 0 Å². The van der Waals surface area contributed by atoms with Crippen LogP contribution in [0.4, 0.5) is 0 Å². The van der Waals surface area contributed by atoms with Gasteiger partial charge in [-0.25, -0.2) is 0 Å². The molecule has 0 bridgehead atoms. The van der Waals surface area contributed by atoms with E-state index < -0.39 is 0 Å². The number of hydrogen-bond donors (Lipinski definition) is 1. The molecule has 21 heavy (non-hydrogen) atoms. The second-order valence-corrected chi connectivity index (χ2v) is 7.58. The summed E-state index contributed by atoms with van der Waals surface area (Å²) in [6, 6.07) is 0. The molecule has 2 saturated carbocycles. The van der Waals surface area contributed by atoms with Gasteiger partial charge in [0.1, 0.15) is 0 Å². The summed E-state index contributed by atoms with van der Waals surface area (Å²) in [6.45, 7) is 2.67. The lowest BCUT2D eigenvalue weighted by Crippen LogP contribution is -2.26. The minimum Gasteiger partial charge on any atom is -0.396 e. The Labute approximate surface area is 132 Å². The first-order valence-electron chi connectivity index (χ1n) is 9.59. The van der Waals surface area contributed by atoms with Crippen LogP contribution in [0, 0.1) is 23.7 Å². The van der Waals surface area contributed by atoms with Gasteiger partial charge in [-0.15, -0.1) is 0 Å². The molecule has 0 amide bonds. The highest BCUT2D eigenvalue weighted by molar-refractivity contribution is 4.85. The van der Waals surface area contributed by atoms with E-state index in [0.29, 0.717) is 12.5 Å². The molecule has 0 aromatic carbocycles. The zero-order valence-corrected chi connectivity index (χ0v) is 14.1. The van der Waals surface area contributed by atoms with Crippen molar-refractivity contribution >= 4 is 0 Å². The van der Waals surface area contributed by atoms with Crippen molar-refractivity contribution < 1.29 is 5.11 Å². The van der Waals surface area contributed by atoms with E-state index in [1.165, 1.54) is 77.0 Å². The number of hydrogen-bond acceptors (Lipinski definition) is 1. The van der Waals surface area contributed by atoms with Crippen molar-refractivity contribution in [2.45, 2.75) is 84.0 Å². The maximum atomic E-state index is 9.25. The van der Waals surface area contributed by atoms with Crippen LogP contribution < -0.4 is 0 Å².